The van der Waals surface area contributed by atoms with Crippen LogP contribution in [0, 0.1) is 0 Å². The molecule has 15 heavy (non-hydrogen) atoms. The lowest BCUT2D eigenvalue weighted by molar-refractivity contribution is -0.117. The second-order valence-electron chi connectivity index (χ2n) is 3.81. The lowest BCUT2D eigenvalue weighted by Crippen LogP contribution is -2.25. The van der Waals surface area contributed by atoms with Crippen molar-refractivity contribution in [3.63, 3.8) is 0 Å². The molecule has 1 aliphatic carbocycles. The summed E-state index contributed by atoms with van der Waals surface area (Å²) < 4.78 is 0. The average molecular weight is 205 g/mol. The minimum Gasteiger partial charge on any atom is -0.370 e. The van der Waals surface area contributed by atoms with Gasteiger partial charge in [0.15, 0.2) is 0 Å². The smallest absolute Gasteiger partial charge is 0.218 e. The van der Waals surface area contributed by atoms with Crippen molar-refractivity contribution >= 4 is 5.91 Å². The summed E-state index contributed by atoms with van der Waals surface area (Å²) >= 11 is 0. The van der Waals surface area contributed by atoms with Crippen LogP contribution in [-0.4, -0.2) is 17.4 Å². The molecule has 1 aromatic heterocycles. The minimum atomic E-state index is -0.262. The van der Waals surface area contributed by atoms with Crippen LogP contribution in [0.25, 0.3) is 0 Å². The van der Waals surface area contributed by atoms with Gasteiger partial charge in [0.1, 0.15) is 0 Å². The number of hydrogen-bond acceptors (Lipinski definition) is 3. The predicted octanol–water partition coefficient (Wildman–Crippen LogP) is 0.534. The minimum absolute atomic E-state index is 0.262. The second kappa shape index (κ2) is 4.40. The molecule has 1 unspecified atom stereocenters. The number of primary amides is 1. The lowest BCUT2D eigenvalue weighted by Gasteiger charge is -2.11. The first-order chi connectivity index (χ1) is 7.27. The Hall–Kier alpha value is -1.42. The number of pyridine rings is 1. The summed E-state index contributed by atoms with van der Waals surface area (Å²) in [6.07, 6.45) is 4.33. The van der Waals surface area contributed by atoms with Gasteiger partial charge in [0.25, 0.3) is 0 Å². The van der Waals surface area contributed by atoms with E-state index < -0.39 is 0 Å². The molecule has 80 valence electrons. The third-order valence-corrected chi connectivity index (χ3v) is 2.72. The molecular formula is C11H15N3O. The summed E-state index contributed by atoms with van der Waals surface area (Å²) in [5, 5.41) is 3.31. The number of aromatic nitrogens is 1. The van der Waals surface area contributed by atoms with E-state index >= 15 is 0 Å². The Balaban J connectivity index is 1.93. The summed E-state index contributed by atoms with van der Waals surface area (Å²) in [6.45, 7) is 0.635. The molecule has 3 N–H and O–H groups in total. The van der Waals surface area contributed by atoms with Crippen LogP contribution < -0.4 is 11.1 Å². The number of nitrogens with two attached hydrogens (primary N) is 1. The number of hydrogen-bond donors (Lipinski definition) is 2. The first kappa shape index (κ1) is 10.1. The molecule has 1 aliphatic rings. The van der Waals surface area contributed by atoms with Gasteiger partial charge in [0.05, 0.1) is 11.7 Å². The lowest BCUT2D eigenvalue weighted by atomic mass is 10.2. The number of aryl methyl sites for hydroxylation is 1. The van der Waals surface area contributed by atoms with Gasteiger partial charge in [-0.1, -0.05) is 6.07 Å². The van der Waals surface area contributed by atoms with Crippen molar-refractivity contribution in [3.8, 4) is 0 Å². The highest BCUT2D eigenvalue weighted by Crippen LogP contribution is 2.28. The van der Waals surface area contributed by atoms with Gasteiger partial charge in [0, 0.05) is 19.2 Å². The van der Waals surface area contributed by atoms with Crippen LogP contribution in [0.4, 0.5) is 0 Å². The van der Waals surface area contributed by atoms with Gasteiger partial charge < -0.3 is 11.1 Å². The molecule has 1 aromatic rings. The van der Waals surface area contributed by atoms with Crippen molar-refractivity contribution in [2.24, 2.45) is 5.73 Å². The Labute approximate surface area is 88.9 Å². The Bertz CT molecular complexity index is 365. The van der Waals surface area contributed by atoms with Gasteiger partial charge in [-0.3, -0.25) is 9.78 Å². The molecule has 1 amide bonds. The fourth-order valence-electron chi connectivity index (χ4n) is 1.98. The number of rotatable bonds is 4. The van der Waals surface area contributed by atoms with Gasteiger partial charge in [-0.2, -0.15) is 0 Å². The van der Waals surface area contributed by atoms with Gasteiger partial charge in [0.2, 0.25) is 5.91 Å². The number of nitrogens with zero attached hydrogens (tertiary/aromatic N) is 1. The van der Waals surface area contributed by atoms with E-state index in [1.54, 1.807) is 0 Å². The standard InChI is InChI=1S/C11H15N3O/c12-10(15)5-7-13-9-4-3-8-2-1-6-14-11(8)9/h1-2,6,9,13H,3-5,7H2,(H2,12,15). The molecule has 1 atom stereocenters. The molecule has 4 nitrogen and oxygen atoms in total. The molecule has 0 saturated heterocycles. The highest BCUT2D eigenvalue weighted by atomic mass is 16.1. The van der Waals surface area contributed by atoms with E-state index in [-0.39, 0.29) is 5.91 Å². The molecule has 2 rings (SSSR count). The van der Waals surface area contributed by atoms with Crippen molar-refractivity contribution in [1.82, 2.24) is 10.3 Å². The Morgan fingerprint density at radius 2 is 2.53 bits per heavy atom. The number of carbonyl (C=O) groups excluding carboxylic acids is 1. The summed E-state index contributed by atoms with van der Waals surface area (Å²) in [4.78, 5) is 14.9. The van der Waals surface area contributed by atoms with E-state index in [0.717, 1.165) is 18.5 Å². The van der Waals surface area contributed by atoms with Crippen LogP contribution in [0.15, 0.2) is 18.3 Å². The Kier molecular flexibility index (Phi) is 2.97. The molecular weight excluding hydrogens is 190 g/mol. The molecule has 4 heteroatoms. The topological polar surface area (TPSA) is 68.0 Å². The maximum absolute atomic E-state index is 10.6. The first-order valence-corrected chi connectivity index (χ1v) is 5.23. The van der Waals surface area contributed by atoms with Gasteiger partial charge >= 0.3 is 0 Å². The molecule has 0 fully saturated rings. The highest BCUT2D eigenvalue weighted by Gasteiger charge is 2.22. The zero-order valence-electron chi connectivity index (χ0n) is 8.57. The first-order valence-electron chi connectivity index (χ1n) is 5.23. The van der Waals surface area contributed by atoms with Crippen LogP contribution in [0.3, 0.4) is 0 Å². The van der Waals surface area contributed by atoms with Crippen molar-refractivity contribution < 1.29 is 4.79 Å². The van der Waals surface area contributed by atoms with E-state index in [1.807, 2.05) is 12.3 Å². The SMILES string of the molecule is NC(=O)CCNC1CCc2cccnc21. The number of nitrogens with one attached hydrogen (secondary N) is 1. The molecule has 0 aliphatic heterocycles. The summed E-state index contributed by atoms with van der Waals surface area (Å²) in [6, 6.07) is 4.36. The van der Waals surface area contributed by atoms with Gasteiger partial charge in [-0.05, 0) is 24.5 Å². The van der Waals surface area contributed by atoms with Crippen LogP contribution in [0.5, 0.6) is 0 Å². The number of carbonyl (C=O) groups is 1. The maximum atomic E-state index is 10.6. The number of fused-ring (bicyclic) bond motifs is 1. The zero-order valence-corrected chi connectivity index (χ0v) is 8.57. The Morgan fingerprint density at radius 1 is 1.67 bits per heavy atom. The fourth-order valence-corrected chi connectivity index (χ4v) is 1.98. The summed E-state index contributed by atoms with van der Waals surface area (Å²) in [5.74, 6) is -0.262. The van der Waals surface area contributed by atoms with Crippen molar-refractivity contribution in [2.75, 3.05) is 6.54 Å². The van der Waals surface area contributed by atoms with E-state index in [0.29, 0.717) is 19.0 Å². The zero-order chi connectivity index (χ0) is 10.7. The highest BCUT2D eigenvalue weighted by molar-refractivity contribution is 5.73. The van der Waals surface area contributed by atoms with E-state index in [1.165, 1.54) is 5.56 Å². The van der Waals surface area contributed by atoms with Gasteiger partial charge in [-0.25, -0.2) is 0 Å². The molecule has 0 bridgehead atoms. The van der Waals surface area contributed by atoms with Crippen molar-refractivity contribution in [3.05, 3.63) is 29.6 Å². The van der Waals surface area contributed by atoms with E-state index in [2.05, 4.69) is 16.4 Å². The molecule has 0 radical (unpaired) electrons. The third-order valence-electron chi connectivity index (χ3n) is 2.72. The predicted molar refractivity (Wildman–Crippen MR) is 57.1 cm³/mol. The normalized spacial score (nSPS) is 18.8. The second-order valence-corrected chi connectivity index (χ2v) is 3.81. The van der Waals surface area contributed by atoms with Crippen LogP contribution in [0.1, 0.15) is 30.1 Å². The van der Waals surface area contributed by atoms with Crippen LogP contribution in [-0.2, 0) is 11.2 Å². The molecule has 0 spiro atoms. The third kappa shape index (κ3) is 2.33. The van der Waals surface area contributed by atoms with E-state index in [9.17, 15) is 4.79 Å². The fraction of sp³-hybridized carbons (Fsp3) is 0.455. The number of amides is 1. The van der Waals surface area contributed by atoms with Gasteiger partial charge in [-0.15, -0.1) is 0 Å². The van der Waals surface area contributed by atoms with Crippen LogP contribution in [0.2, 0.25) is 0 Å². The summed E-state index contributed by atoms with van der Waals surface area (Å²) in [5.41, 5.74) is 7.52. The molecule has 0 aromatic carbocycles. The Morgan fingerprint density at radius 3 is 3.33 bits per heavy atom. The quantitative estimate of drug-likeness (QED) is 0.753. The maximum Gasteiger partial charge on any atom is 0.218 e. The average Bonchev–Trinajstić information content (AvgIpc) is 2.62. The van der Waals surface area contributed by atoms with Crippen LogP contribution >= 0.6 is 0 Å². The van der Waals surface area contributed by atoms with Crippen molar-refractivity contribution in [1.29, 1.82) is 0 Å². The molecule has 1 heterocycles. The van der Waals surface area contributed by atoms with Crippen molar-refractivity contribution in [2.45, 2.75) is 25.3 Å². The monoisotopic (exact) mass is 205 g/mol. The van der Waals surface area contributed by atoms with E-state index in [4.69, 9.17) is 5.73 Å². The summed E-state index contributed by atoms with van der Waals surface area (Å²) in [7, 11) is 0. The molecule has 0 saturated carbocycles. The largest absolute Gasteiger partial charge is 0.370 e.